The highest BCUT2D eigenvalue weighted by Gasteiger charge is 2.26. The number of rotatable bonds is 9. The minimum atomic E-state index is -0.673. The summed E-state index contributed by atoms with van der Waals surface area (Å²) in [6.07, 6.45) is 0.404. The number of hydrogen-bond acceptors (Lipinski definition) is 4. The minimum Gasteiger partial charge on any atom is -0.374 e. The standard InChI is InChI=1S/C25H31Cl2N3O3/c1-17(2)12-23(29-24(31)21-9-8-19(26)13-22(21)27)25(32)28-14-20-16-30(10-11-33-20)15-18-6-4-3-5-7-18/h3-9,13,17,20,23H,10-12,14-16H2,1-2H3,(H,28,32)(H,29,31). The topological polar surface area (TPSA) is 70.7 Å². The van der Waals surface area contributed by atoms with Crippen LogP contribution in [0.2, 0.25) is 10.0 Å². The van der Waals surface area contributed by atoms with E-state index in [4.69, 9.17) is 27.9 Å². The van der Waals surface area contributed by atoms with Crippen LogP contribution in [0.5, 0.6) is 0 Å². The third kappa shape index (κ3) is 8.00. The van der Waals surface area contributed by atoms with Crippen molar-refractivity contribution in [3.05, 3.63) is 69.7 Å². The molecule has 0 aliphatic carbocycles. The molecule has 1 saturated heterocycles. The van der Waals surface area contributed by atoms with Gasteiger partial charge in [-0.25, -0.2) is 0 Å². The summed E-state index contributed by atoms with van der Waals surface area (Å²) in [5, 5.41) is 6.48. The van der Waals surface area contributed by atoms with Crippen molar-refractivity contribution in [3.63, 3.8) is 0 Å². The van der Waals surface area contributed by atoms with E-state index in [1.165, 1.54) is 11.6 Å². The largest absolute Gasteiger partial charge is 0.374 e. The van der Waals surface area contributed by atoms with E-state index in [1.807, 2.05) is 32.0 Å². The van der Waals surface area contributed by atoms with Crippen LogP contribution in [0, 0.1) is 5.92 Å². The molecule has 0 radical (unpaired) electrons. The Morgan fingerprint density at radius 3 is 2.61 bits per heavy atom. The molecule has 2 aromatic carbocycles. The van der Waals surface area contributed by atoms with Gasteiger partial charge in [0.25, 0.3) is 5.91 Å². The van der Waals surface area contributed by atoms with E-state index in [0.29, 0.717) is 24.6 Å². The Hall–Kier alpha value is -2.12. The maximum atomic E-state index is 13.0. The van der Waals surface area contributed by atoms with Crippen LogP contribution in [0.15, 0.2) is 48.5 Å². The second-order valence-electron chi connectivity index (χ2n) is 8.74. The zero-order valence-corrected chi connectivity index (χ0v) is 20.5. The molecule has 178 valence electrons. The summed E-state index contributed by atoms with van der Waals surface area (Å²) >= 11 is 12.1. The lowest BCUT2D eigenvalue weighted by molar-refractivity contribution is -0.124. The number of halogens is 2. The molecule has 33 heavy (non-hydrogen) atoms. The van der Waals surface area contributed by atoms with Crippen molar-refractivity contribution >= 4 is 35.0 Å². The molecule has 2 amide bonds. The van der Waals surface area contributed by atoms with Gasteiger partial charge in [0.2, 0.25) is 5.91 Å². The third-order valence-electron chi connectivity index (χ3n) is 5.48. The van der Waals surface area contributed by atoms with Crippen molar-refractivity contribution in [1.82, 2.24) is 15.5 Å². The number of morpholine rings is 1. The van der Waals surface area contributed by atoms with Crippen molar-refractivity contribution in [3.8, 4) is 0 Å². The van der Waals surface area contributed by atoms with Gasteiger partial charge in [-0.1, -0.05) is 67.4 Å². The average Bonchev–Trinajstić information content (AvgIpc) is 2.77. The van der Waals surface area contributed by atoms with E-state index in [0.717, 1.165) is 19.6 Å². The molecule has 0 bridgehead atoms. The lowest BCUT2D eigenvalue weighted by atomic mass is 10.0. The predicted octanol–water partition coefficient (Wildman–Crippen LogP) is 4.16. The van der Waals surface area contributed by atoms with Gasteiger partial charge in [0, 0.05) is 31.2 Å². The first-order valence-corrected chi connectivity index (χ1v) is 12.0. The maximum Gasteiger partial charge on any atom is 0.253 e. The Morgan fingerprint density at radius 2 is 1.91 bits per heavy atom. The molecule has 1 heterocycles. The van der Waals surface area contributed by atoms with Crippen LogP contribution < -0.4 is 10.6 Å². The lowest BCUT2D eigenvalue weighted by Gasteiger charge is -2.33. The molecular formula is C25H31Cl2N3O3. The van der Waals surface area contributed by atoms with Gasteiger partial charge in [-0.15, -0.1) is 0 Å². The van der Waals surface area contributed by atoms with Gasteiger partial charge < -0.3 is 15.4 Å². The Morgan fingerprint density at radius 1 is 1.15 bits per heavy atom. The summed E-state index contributed by atoms with van der Waals surface area (Å²) in [5.41, 5.74) is 1.54. The third-order valence-corrected chi connectivity index (χ3v) is 6.03. The molecule has 0 saturated carbocycles. The molecule has 6 nitrogen and oxygen atoms in total. The van der Waals surface area contributed by atoms with Gasteiger partial charge in [-0.2, -0.15) is 0 Å². The number of hydrogen-bond donors (Lipinski definition) is 2. The molecule has 1 fully saturated rings. The number of nitrogens with one attached hydrogen (secondary N) is 2. The zero-order chi connectivity index (χ0) is 23.8. The van der Waals surface area contributed by atoms with E-state index in [1.54, 1.807) is 12.1 Å². The number of benzene rings is 2. The van der Waals surface area contributed by atoms with Gasteiger partial charge in [0.05, 0.1) is 23.3 Å². The van der Waals surface area contributed by atoms with Gasteiger partial charge in [0.1, 0.15) is 6.04 Å². The molecule has 2 N–H and O–H groups in total. The molecule has 0 aromatic heterocycles. The van der Waals surface area contributed by atoms with Crippen LogP contribution in [0.1, 0.15) is 36.2 Å². The number of nitrogens with zero attached hydrogens (tertiary/aromatic N) is 1. The molecule has 1 aliphatic heterocycles. The SMILES string of the molecule is CC(C)CC(NC(=O)c1ccc(Cl)cc1Cl)C(=O)NCC1CN(Cc2ccccc2)CCO1. The molecule has 2 unspecified atom stereocenters. The Kier molecular flexibility index (Phi) is 9.56. The Balaban J connectivity index is 1.55. The summed E-state index contributed by atoms with van der Waals surface area (Å²) in [4.78, 5) is 28.0. The highest BCUT2D eigenvalue weighted by atomic mass is 35.5. The van der Waals surface area contributed by atoms with E-state index in [2.05, 4.69) is 27.7 Å². The number of carbonyl (C=O) groups excluding carboxylic acids is 2. The van der Waals surface area contributed by atoms with Gasteiger partial charge >= 0.3 is 0 Å². The van der Waals surface area contributed by atoms with E-state index in [9.17, 15) is 9.59 Å². The van der Waals surface area contributed by atoms with Crippen LogP contribution in [0.4, 0.5) is 0 Å². The van der Waals surface area contributed by atoms with Crippen LogP contribution in [0.3, 0.4) is 0 Å². The van der Waals surface area contributed by atoms with Crippen molar-refractivity contribution in [2.45, 2.75) is 39.0 Å². The molecule has 0 spiro atoms. The highest BCUT2D eigenvalue weighted by Crippen LogP contribution is 2.21. The molecule has 2 aromatic rings. The first-order chi connectivity index (χ1) is 15.8. The molecule has 8 heteroatoms. The smallest absolute Gasteiger partial charge is 0.253 e. The van der Waals surface area contributed by atoms with Crippen molar-refractivity contribution in [2.75, 3.05) is 26.2 Å². The Labute approximate surface area is 205 Å². The fourth-order valence-electron chi connectivity index (χ4n) is 3.84. The zero-order valence-electron chi connectivity index (χ0n) is 19.0. The number of ether oxygens (including phenoxy) is 1. The van der Waals surface area contributed by atoms with Crippen LogP contribution >= 0.6 is 23.2 Å². The maximum absolute atomic E-state index is 13.0. The fourth-order valence-corrected chi connectivity index (χ4v) is 4.33. The molecular weight excluding hydrogens is 461 g/mol. The lowest BCUT2D eigenvalue weighted by Crippen LogP contribution is -2.52. The van der Waals surface area contributed by atoms with Gasteiger partial charge in [-0.05, 0) is 36.1 Å². The summed E-state index contributed by atoms with van der Waals surface area (Å²) in [5.74, 6) is -0.416. The fraction of sp³-hybridized carbons (Fsp3) is 0.440. The first-order valence-electron chi connectivity index (χ1n) is 11.2. The van der Waals surface area contributed by atoms with Crippen LogP contribution in [-0.4, -0.2) is 55.1 Å². The van der Waals surface area contributed by atoms with E-state index < -0.39 is 11.9 Å². The summed E-state index contributed by atoms with van der Waals surface area (Å²) in [7, 11) is 0. The number of carbonyl (C=O) groups is 2. The second kappa shape index (κ2) is 12.4. The highest BCUT2D eigenvalue weighted by molar-refractivity contribution is 6.36. The molecule has 3 rings (SSSR count). The monoisotopic (exact) mass is 491 g/mol. The molecule has 1 aliphatic rings. The Bertz CT molecular complexity index is 940. The first kappa shape index (κ1) is 25.5. The number of amides is 2. The van der Waals surface area contributed by atoms with Gasteiger partial charge in [-0.3, -0.25) is 14.5 Å². The summed E-state index contributed by atoms with van der Waals surface area (Å²) in [6, 6.07) is 14.3. The van der Waals surface area contributed by atoms with Crippen LogP contribution in [-0.2, 0) is 16.1 Å². The van der Waals surface area contributed by atoms with Crippen molar-refractivity contribution < 1.29 is 14.3 Å². The average molecular weight is 492 g/mol. The summed E-state index contributed by atoms with van der Waals surface area (Å²) in [6.45, 7) is 7.46. The van der Waals surface area contributed by atoms with Crippen molar-refractivity contribution in [2.24, 2.45) is 5.92 Å². The van der Waals surface area contributed by atoms with E-state index in [-0.39, 0.29) is 28.5 Å². The minimum absolute atomic E-state index is 0.104. The summed E-state index contributed by atoms with van der Waals surface area (Å²) < 4.78 is 5.86. The molecule has 2 atom stereocenters. The van der Waals surface area contributed by atoms with E-state index >= 15 is 0 Å². The second-order valence-corrected chi connectivity index (χ2v) is 9.58. The van der Waals surface area contributed by atoms with Crippen molar-refractivity contribution in [1.29, 1.82) is 0 Å². The van der Waals surface area contributed by atoms with Gasteiger partial charge in [0.15, 0.2) is 0 Å². The quantitative estimate of drug-likeness (QED) is 0.552. The normalized spacial score (nSPS) is 17.5. The van der Waals surface area contributed by atoms with Crippen LogP contribution in [0.25, 0.3) is 0 Å². The predicted molar refractivity (Wildman–Crippen MR) is 132 cm³/mol.